The van der Waals surface area contributed by atoms with Crippen LogP contribution in [0.3, 0.4) is 0 Å². The van der Waals surface area contributed by atoms with Gasteiger partial charge in [-0.05, 0) is 25.2 Å². The number of hydrogen-bond acceptors (Lipinski definition) is 2. The second-order valence-electron chi connectivity index (χ2n) is 5.45. The number of hydrogen-bond donors (Lipinski definition) is 1. The van der Waals surface area contributed by atoms with E-state index in [0.717, 1.165) is 32.1 Å². The highest BCUT2D eigenvalue weighted by Gasteiger charge is 2.53. The van der Waals surface area contributed by atoms with Gasteiger partial charge in [0.2, 0.25) is 0 Å². The van der Waals surface area contributed by atoms with Crippen LogP contribution in [0.5, 0.6) is 0 Å². The van der Waals surface area contributed by atoms with Crippen molar-refractivity contribution in [2.24, 2.45) is 5.92 Å². The molecule has 1 saturated heterocycles. The molecule has 2 unspecified atom stereocenters. The number of urea groups is 1. The monoisotopic (exact) mass is 248 g/mol. The number of carbonyl (C=O) groups is 2. The molecule has 18 heavy (non-hydrogen) atoms. The Morgan fingerprint density at radius 3 is 3.00 bits per heavy atom. The van der Waals surface area contributed by atoms with Gasteiger partial charge in [0, 0.05) is 13.0 Å². The molecule has 0 radical (unpaired) electrons. The van der Waals surface area contributed by atoms with Crippen molar-refractivity contribution >= 4 is 11.9 Å². The summed E-state index contributed by atoms with van der Waals surface area (Å²) in [6.45, 7) is 2.73. The van der Waals surface area contributed by atoms with E-state index in [9.17, 15) is 9.59 Å². The van der Waals surface area contributed by atoms with Crippen molar-refractivity contribution < 1.29 is 9.59 Å². The van der Waals surface area contributed by atoms with Crippen LogP contribution in [0.15, 0.2) is 0 Å². The summed E-state index contributed by atoms with van der Waals surface area (Å²) in [6.07, 6.45) is 10.3. The van der Waals surface area contributed by atoms with E-state index in [4.69, 9.17) is 6.42 Å². The van der Waals surface area contributed by atoms with Crippen LogP contribution in [0.1, 0.15) is 45.4 Å². The van der Waals surface area contributed by atoms with Gasteiger partial charge in [0.1, 0.15) is 5.54 Å². The van der Waals surface area contributed by atoms with Gasteiger partial charge in [-0.3, -0.25) is 10.1 Å². The van der Waals surface area contributed by atoms with E-state index in [1.165, 1.54) is 0 Å². The van der Waals surface area contributed by atoms with Crippen LogP contribution in [-0.4, -0.2) is 28.9 Å². The molecule has 4 nitrogen and oxygen atoms in total. The Labute approximate surface area is 108 Å². The summed E-state index contributed by atoms with van der Waals surface area (Å²) in [7, 11) is 0. The fourth-order valence-corrected chi connectivity index (χ4v) is 3.23. The Bertz CT molecular complexity index is 399. The van der Waals surface area contributed by atoms with Crippen molar-refractivity contribution in [1.82, 2.24) is 10.2 Å². The summed E-state index contributed by atoms with van der Waals surface area (Å²) < 4.78 is 0. The number of carbonyl (C=O) groups excluding carboxylic acids is 2. The topological polar surface area (TPSA) is 49.4 Å². The van der Waals surface area contributed by atoms with Crippen LogP contribution in [-0.2, 0) is 4.79 Å². The molecular weight excluding hydrogens is 228 g/mol. The second kappa shape index (κ2) is 5.01. The van der Waals surface area contributed by atoms with E-state index >= 15 is 0 Å². The van der Waals surface area contributed by atoms with Gasteiger partial charge in [-0.2, -0.15) is 0 Å². The van der Waals surface area contributed by atoms with Gasteiger partial charge in [-0.1, -0.05) is 19.8 Å². The first kappa shape index (κ1) is 12.9. The van der Waals surface area contributed by atoms with Crippen LogP contribution >= 0.6 is 0 Å². The summed E-state index contributed by atoms with van der Waals surface area (Å²) >= 11 is 0. The zero-order chi connectivity index (χ0) is 13.2. The van der Waals surface area contributed by atoms with Gasteiger partial charge in [0.15, 0.2) is 0 Å². The zero-order valence-corrected chi connectivity index (χ0v) is 10.9. The van der Waals surface area contributed by atoms with Crippen LogP contribution in [0.2, 0.25) is 0 Å². The van der Waals surface area contributed by atoms with Crippen molar-refractivity contribution in [3.63, 3.8) is 0 Å². The van der Waals surface area contributed by atoms with E-state index in [1.54, 1.807) is 4.90 Å². The average Bonchev–Trinajstić information content (AvgIpc) is 2.53. The lowest BCUT2D eigenvalue weighted by molar-refractivity contribution is -0.129. The summed E-state index contributed by atoms with van der Waals surface area (Å²) in [6, 6.07) is -0.244. The van der Waals surface area contributed by atoms with Gasteiger partial charge in [-0.25, -0.2) is 4.79 Å². The minimum atomic E-state index is -0.594. The highest BCUT2D eigenvalue weighted by Crippen LogP contribution is 2.39. The maximum Gasteiger partial charge on any atom is 0.325 e. The minimum Gasteiger partial charge on any atom is -0.310 e. The minimum absolute atomic E-state index is 0.111. The maximum absolute atomic E-state index is 12.1. The number of rotatable bonds is 3. The Balaban J connectivity index is 2.16. The summed E-state index contributed by atoms with van der Waals surface area (Å²) in [5, 5.41) is 2.47. The standard InChI is InChI=1S/C14H20N2O2/c1-3-4-5-9-16-13(18)15-12(17)14(16)8-6-7-11(2)10-14/h1,11H,4-10H2,2H3,(H,15,17,18). The van der Waals surface area contributed by atoms with Crippen LogP contribution in [0.4, 0.5) is 4.79 Å². The molecule has 98 valence electrons. The molecule has 2 atom stereocenters. The highest BCUT2D eigenvalue weighted by atomic mass is 16.2. The predicted molar refractivity (Wildman–Crippen MR) is 68.7 cm³/mol. The fraction of sp³-hybridized carbons (Fsp3) is 0.714. The Morgan fingerprint density at radius 1 is 1.56 bits per heavy atom. The molecule has 1 spiro atoms. The molecule has 1 aliphatic heterocycles. The van der Waals surface area contributed by atoms with Gasteiger partial charge in [0.05, 0.1) is 0 Å². The first-order chi connectivity index (χ1) is 8.60. The van der Waals surface area contributed by atoms with Crippen molar-refractivity contribution in [3.8, 4) is 12.3 Å². The third kappa shape index (κ3) is 2.10. The predicted octanol–water partition coefficient (Wildman–Crippen LogP) is 1.90. The van der Waals surface area contributed by atoms with Crippen LogP contribution in [0.25, 0.3) is 0 Å². The van der Waals surface area contributed by atoms with E-state index in [0.29, 0.717) is 18.9 Å². The quantitative estimate of drug-likeness (QED) is 0.471. The summed E-state index contributed by atoms with van der Waals surface area (Å²) in [4.78, 5) is 25.8. The summed E-state index contributed by atoms with van der Waals surface area (Å²) in [5.41, 5.74) is -0.594. The van der Waals surface area contributed by atoms with Crippen LogP contribution < -0.4 is 5.32 Å². The molecule has 1 N–H and O–H groups in total. The molecule has 0 aromatic heterocycles. The first-order valence-corrected chi connectivity index (χ1v) is 6.66. The van der Waals surface area contributed by atoms with Gasteiger partial charge in [0.25, 0.3) is 5.91 Å². The van der Waals surface area contributed by atoms with E-state index in [-0.39, 0.29) is 11.9 Å². The number of unbranched alkanes of at least 4 members (excludes halogenated alkanes) is 1. The lowest BCUT2D eigenvalue weighted by Crippen LogP contribution is -2.52. The lowest BCUT2D eigenvalue weighted by Gasteiger charge is -2.40. The molecule has 0 aromatic rings. The van der Waals surface area contributed by atoms with Gasteiger partial charge >= 0.3 is 6.03 Å². The summed E-state index contributed by atoms with van der Waals surface area (Å²) in [5.74, 6) is 2.95. The van der Waals surface area contributed by atoms with Crippen LogP contribution in [0, 0.1) is 18.3 Å². The fourth-order valence-electron chi connectivity index (χ4n) is 3.23. The van der Waals surface area contributed by atoms with E-state index in [1.807, 2.05) is 0 Å². The number of nitrogens with one attached hydrogen (secondary N) is 1. The molecule has 1 heterocycles. The van der Waals surface area contributed by atoms with Crippen molar-refractivity contribution in [2.75, 3.05) is 6.54 Å². The second-order valence-corrected chi connectivity index (χ2v) is 5.45. The third-order valence-electron chi connectivity index (χ3n) is 4.08. The SMILES string of the molecule is C#CCCCN1C(=O)NC(=O)C12CCCC(C)C2. The third-order valence-corrected chi connectivity index (χ3v) is 4.08. The van der Waals surface area contributed by atoms with E-state index < -0.39 is 5.54 Å². The Hall–Kier alpha value is -1.50. The van der Waals surface area contributed by atoms with Crippen molar-refractivity contribution in [3.05, 3.63) is 0 Å². The lowest BCUT2D eigenvalue weighted by atomic mass is 9.75. The molecular formula is C14H20N2O2. The first-order valence-electron chi connectivity index (χ1n) is 6.66. The number of amides is 3. The molecule has 1 aliphatic carbocycles. The highest BCUT2D eigenvalue weighted by molar-refractivity contribution is 6.07. The molecule has 2 rings (SSSR count). The molecule has 4 heteroatoms. The van der Waals surface area contributed by atoms with Crippen molar-refractivity contribution in [1.29, 1.82) is 0 Å². The largest absolute Gasteiger partial charge is 0.325 e. The number of imide groups is 1. The Morgan fingerprint density at radius 2 is 2.33 bits per heavy atom. The van der Waals surface area contributed by atoms with Gasteiger partial charge in [-0.15, -0.1) is 12.3 Å². The zero-order valence-electron chi connectivity index (χ0n) is 10.9. The maximum atomic E-state index is 12.1. The molecule has 0 aromatic carbocycles. The molecule has 2 aliphatic rings. The molecule has 1 saturated carbocycles. The Kier molecular flexibility index (Phi) is 3.60. The van der Waals surface area contributed by atoms with Gasteiger partial charge < -0.3 is 4.90 Å². The van der Waals surface area contributed by atoms with Crippen molar-refractivity contribution in [2.45, 2.75) is 51.0 Å². The number of terminal acetylenes is 1. The smallest absolute Gasteiger partial charge is 0.310 e. The normalized spacial score (nSPS) is 31.6. The molecule has 2 fully saturated rings. The average molecular weight is 248 g/mol. The molecule has 0 bridgehead atoms. The number of nitrogens with zero attached hydrogens (tertiary/aromatic N) is 1. The molecule has 3 amide bonds. The van der Waals surface area contributed by atoms with E-state index in [2.05, 4.69) is 18.2 Å².